The fraction of sp³-hybridized carbons (Fsp3) is 0.593. The van der Waals surface area contributed by atoms with Crippen molar-refractivity contribution >= 4 is 44.7 Å². The highest BCUT2D eigenvalue weighted by Crippen LogP contribution is 2.30. The molecule has 2 amide bonds. The van der Waals surface area contributed by atoms with Crippen LogP contribution in [0.1, 0.15) is 54.9 Å². The molecule has 10 nitrogen and oxygen atoms in total. The second-order valence-corrected chi connectivity index (χ2v) is 14.5. The maximum Gasteiger partial charge on any atom is 0.410 e. The van der Waals surface area contributed by atoms with Crippen LogP contribution in [0.15, 0.2) is 40.4 Å². The lowest BCUT2D eigenvalue weighted by atomic mass is 10.2. The maximum atomic E-state index is 13.7. The monoisotopic (exact) mass is 580 g/mol. The van der Waals surface area contributed by atoms with Crippen molar-refractivity contribution in [1.29, 1.82) is 0 Å². The first-order valence-electron chi connectivity index (χ1n) is 13.0. The van der Waals surface area contributed by atoms with Crippen LogP contribution in [0.4, 0.5) is 9.59 Å². The van der Waals surface area contributed by atoms with Crippen molar-refractivity contribution in [2.24, 2.45) is 0 Å². The Morgan fingerprint density at radius 3 is 2.41 bits per heavy atom. The minimum absolute atomic E-state index is 0.183. The van der Waals surface area contributed by atoms with Gasteiger partial charge in [0.15, 0.2) is 0 Å². The van der Waals surface area contributed by atoms with Gasteiger partial charge < -0.3 is 19.7 Å². The number of rotatable bonds is 6. The second-order valence-electron chi connectivity index (χ2n) is 11.5. The van der Waals surface area contributed by atoms with Gasteiger partial charge >= 0.3 is 12.2 Å². The summed E-state index contributed by atoms with van der Waals surface area (Å²) in [7, 11) is -3.80. The van der Waals surface area contributed by atoms with Gasteiger partial charge in [-0.1, -0.05) is 6.07 Å². The zero-order chi connectivity index (χ0) is 29.0. The fourth-order valence-electron chi connectivity index (χ4n) is 4.06. The van der Waals surface area contributed by atoms with E-state index < -0.39 is 33.4 Å². The van der Waals surface area contributed by atoms with Gasteiger partial charge in [-0.2, -0.15) is 4.31 Å². The summed E-state index contributed by atoms with van der Waals surface area (Å²) in [6.07, 6.45) is 1.25. The van der Waals surface area contributed by atoms with Crippen molar-refractivity contribution in [2.45, 2.75) is 82.1 Å². The van der Waals surface area contributed by atoms with E-state index in [-0.39, 0.29) is 24.0 Å². The molecule has 1 saturated heterocycles. The largest absolute Gasteiger partial charge is 0.444 e. The van der Waals surface area contributed by atoms with Crippen LogP contribution in [0.25, 0.3) is 10.8 Å². The molecule has 1 aromatic carbocycles. The maximum absolute atomic E-state index is 13.7. The smallest absolute Gasteiger partial charge is 0.410 e. The third-order valence-corrected chi connectivity index (χ3v) is 8.88. The number of alkyl carbamates (subject to hydrolysis) is 1. The van der Waals surface area contributed by atoms with Crippen LogP contribution >= 0.6 is 11.8 Å². The van der Waals surface area contributed by atoms with E-state index in [2.05, 4.69) is 10.3 Å². The number of carbonyl (C=O) groups excluding carboxylic acids is 2. The van der Waals surface area contributed by atoms with Crippen LogP contribution in [-0.4, -0.2) is 84.0 Å². The summed E-state index contributed by atoms with van der Waals surface area (Å²) in [6.45, 7) is 14.0. The summed E-state index contributed by atoms with van der Waals surface area (Å²) in [6, 6.07) is 6.55. The lowest BCUT2D eigenvalue weighted by Gasteiger charge is -2.27. The molecule has 1 aliphatic heterocycles. The van der Waals surface area contributed by atoms with E-state index in [0.717, 1.165) is 15.8 Å². The first-order chi connectivity index (χ1) is 18.1. The lowest BCUT2D eigenvalue weighted by Crippen LogP contribution is -2.41. The van der Waals surface area contributed by atoms with Crippen molar-refractivity contribution in [1.82, 2.24) is 19.5 Å². The molecule has 1 N–H and O–H groups in total. The van der Waals surface area contributed by atoms with Gasteiger partial charge in [0.25, 0.3) is 0 Å². The minimum Gasteiger partial charge on any atom is -0.444 e. The third-order valence-electron chi connectivity index (χ3n) is 5.87. The van der Waals surface area contributed by atoms with Gasteiger partial charge in [0.2, 0.25) is 10.0 Å². The molecule has 3 rings (SSSR count). The van der Waals surface area contributed by atoms with Gasteiger partial charge in [-0.25, -0.2) is 23.0 Å². The number of fused-ring (bicyclic) bond motifs is 1. The zero-order valence-electron chi connectivity index (χ0n) is 23.8. The summed E-state index contributed by atoms with van der Waals surface area (Å²) in [5.74, 6) is 0.574. The summed E-state index contributed by atoms with van der Waals surface area (Å²) < 4.78 is 39.6. The average molecular weight is 581 g/mol. The number of pyridine rings is 1. The predicted octanol–water partition coefficient (Wildman–Crippen LogP) is 4.87. The molecular weight excluding hydrogens is 540 g/mol. The van der Waals surface area contributed by atoms with Crippen molar-refractivity contribution in [3.8, 4) is 0 Å². The van der Waals surface area contributed by atoms with Crippen molar-refractivity contribution in [3.63, 3.8) is 0 Å². The van der Waals surface area contributed by atoms with Gasteiger partial charge in [0.1, 0.15) is 16.2 Å². The number of sulfonamides is 1. The molecule has 0 bridgehead atoms. The number of nitrogens with one attached hydrogen (secondary N) is 1. The van der Waals surface area contributed by atoms with Gasteiger partial charge in [-0.05, 0) is 78.5 Å². The van der Waals surface area contributed by atoms with Gasteiger partial charge in [0, 0.05) is 49.6 Å². The van der Waals surface area contributed by atoms with E-state index in [1.165, 1.54) is 16.1 Å². The SMILES string of the molecule is CC1CCN(C(=O)OC(C)(C)C)CCN1S(=O)(=O)c1ccc2c(SCCNC(=O)OC(C)(C)C)nccc2c1. The number of ether oxygens (including phenoxy) is 2. The average Bonchev–Trinajstić information content (AvgIpc) is 3.01. The number of benzene rings is 1. The molecule has 0 saturated carbocycles. The van der Waals surface area contributed by atoms with Crippen LogP contribution < -0.4 is 5.32 Å². The van der Waals surface area contributed by atoms with E-state index in [1.54, 1.807) is 35.4 Å². The number of aromatic nitrogens is 1. The first-order valence-corrected chi connectivity index (χ1v) is 15.5. The number of thioether (sulfide) groups is 1. The Morgan fingerprint density at radius 2 is 1.74 bits per heavy atom. The van der Waals surface area contributed by atoms with Crippen LogP contribution in [0, 0.1) is 0 Å². The highest BCUT2D eigenvalue weighted by molar-refractivity contribution is 7.99. The van der Waals surface area contributed by atoms with Gasteiger partial charge in [-0.3, -0.25) is 0 Å². The van der Waals surface area contributed by atoms with E-state index >= 15 is 0 Å². The molecule has 12 heteroatoms. The molecule has 39 heavy (non-hydrogen) atoms. The number of amides is 2. The molecule has 1 aliphatic rings. The Labute approximate surface area is 235 Å². The highest BCUT2D eigenvalue weighted by Gasteiger charge is 2.34. The van der Waals surface area contributed by atoms with Crippen LogP contribution in [0.2, 0.25) is 0 Å². The van der Waals surface area contributed by atoms with Crippen LogP contribution in [0.5, 0.6) is 0 Å². The molecule has 1 fully saturated rings. The summed E-state index contributed by atoms with van der Waals surface area (Å²) in [5, 5.41) is 5.06. The van der Waals surface area contributed by atoms with Crippen molar-refractivity contribution < 1.29 is 27.5 Å². The molecule has 0 spiro atoms. The normalized spacial score (nSPS) is 17.5. The minimum atomic E-state index is -3.80. The number of carbonyl (C=O) groups is 2. The van der Waals surface area contributed by atoms with E-state index in [0.29, 0.717) is 25.3 Å². The Balaban J connectivity index is 1.70. The van der Waals surface area contributed by atoms with E-state index in [9.17, 15) is 18.0 Å². The number of hydrogen-bond acceptors (Lipinski definition) is 8. The molecule has 1 aromatic heterocycles. The molecule has 1 atom stereocenters. The van der Waals surface area contributed by atoms with Crippen molar-refractivity contribution in [2.75, 3.05) is 31.9 Å². The molecule has 2 aromatic rings. The topological polar surface area (TPSA) is 118 Å². The Hall–Kier alpha value is -2.57. The first kappa shape index (κ1) is 31.0. The Morgan fingerprint density at radius 1 is 1.05 bits per heavy atom. The lowest BCUT2D eigenvalue weighted by molar-refractivity contribution is 0.0259. The molecule has 0 radical (unpaired) electrons. The standard InChI is InChI=1S/C27H40N4O6S2/c1-19-11-14-30(25(33)37-27(5,6)7)15-16-31(19)39(34,35)21-8-9-22-20(18-21)10-12-28-23(22)38-17-13-29-24(32)36-26(2,3)4/h8-10,12,18-19H,11,13-17H2,1-7H3,(H,29,32). The fourth-order valence-corrected chi connectivity index (χ4v) is 6.62. The third kappa shape index (κ3) is 8.71. The Bertz CT molecular complexity index is 1290. The summed E-state index contributed by atoms with van der Waals surface area (Å²) in [5.41, 5.74) is -1.18. The molecule has 2 heterocycles. The highest BCUT2D eigenvalue weighted by atomic mass is 32.2. The Kier molecular flexibility index (Phi) is 9.77. The summed E-state index contributed by atoms with van der Waals surface area (Å²) >= 11 is 1.47. The van der Waals surface area contributed by atoms with Crippen LogP contribution in [-0.2, 0) is 19.5 Å². The number of nitrogens with zero attached hydrogens (tertiary/aromatic N) is 3. The molecule has 1 unspecified atom stereocenters. The van der Waals surface area contributed by atoms with Gasteiger partial charge in [0.05, 0.1) is 4.90 Å². The molecule has 0 aliphatic carbocycles. The molecule has 216 valence electrons. The van der Waals surface area contributed by atoms with Crippen LogP contribution in [0.3, 0.4) is 0 Å². The molecular formula is C27H40N4O6S2. The number of hydrogen-bond donors (Lipinski definition) is 1. The predicted molar refractivity (Wildman–Crippen MR) is 152 cm³/mol. The summed E-state index contributed by atoms with van der Waals surface area (Å²) in [4.78, 5) is 30.6. The second kappa shape index (κ2) is 12.3. The van der Waals surface area contributed by atoms with E-state index in [4.69, 9.17) is 9.47 Å². The zero-order valence-corrected chi connectivity index (χ0v) is 25.4. The van der Waals surface area contributed by atoms with Gasteiger partial charge in [-0.15, -0.1) is 11.8 Å². The van der Waals surface area contributed by atoms with E-state index in [1.807, 2.05) is 48.5 Å². The van der Waals surface area contributed by atoms with Crippen molar-refractivity contribution in [3.05, 3.63) is 30.5 Å². The quantitative estimate of drug-likeness (QED) is 0.380.